The maximum absolute atomic E-state index is 11.8. The molecule has 1 aromatic carbocycles. The van der Waals surface area contributed by atoms with Crippen molar-refractivity contribution < 1.29 is 29.9 Å². The molecule has 108 valence electrons. The van der Waals surface area contributed by atoms with Crippen molar-refractivity contribution in [3.05, 3.63) is 29.8 Å². The summed E-state index contributed by atoms with van der Waals surface area (Å²) in [5, 5.41) is 0. The second-order valence-corrected chi connectivity index (χ2v) is 7.11. The molecule has 6 nitrogen and oxygen atoms in total. The number of hydrogen-bond donors (Lipinski definition) is 0. The van der Waals surface area contributed by atoms with Gasteiger partial charge in [-0.2, -0.15) is 16.8 Å². The van der Waals surface area contributed by atoms with Gasteiger partial charge in [0, 0.05) is 0 Å². The average Bonchev–Trinajstić information content (AvgIpc) is 2.28. The van der Waals surface area contributed by atoms with E-state index in [1.807, 2.05) is 0 Å². The van der Waals surface area contributed by atoms with Crippen LogP contribution in [0.4, 0.5) is 4.53 Å². The molecule has 19 heavy (non-hydrogen) atoms. The van der Waals surface area contributed by atoms with E-state index < -0.39 is 32.1 Å². The van der Waals surface area contributed by atoms with Gasteiger partial charge in [-0.25, -0.2) is 0 Å². The number of rotatable bonds is 6. The first kappa shape index (κ1) is 16.0. The van der Waals surface area contributed by atoms with Crippen LogP contribution in [-0.4, -0.2) is 28.7 Å². The maximum atomic E-state index is 11.8. The van der Waals surface area contributed by atoms with Gasteiger partial charge in [-0.05, 0) is 30.5 Å². The van der Waals surface area contributed by atoms with Crippen LogP contribution >= 0.6 is 0 Å². The Bertz CT molecular complexity index is 620. The Labute approximate surface area is 111 Å². The average molecular weight is 312 g/mol. The highest BCUT2D eigenvalue weighted by atomic mass is 32.2. The minimum atomic E-state index is -4.44. The van der Waals surface area contributed by atoms with Crippen molar-refractivity contribution in [2.24, 2.45) is 0 Å². The lowest BCUT2D eigenvalue weighted by Gasteiger charge is -2.11. The van der Waals surface area contributed by atoms with Gasteiger partial charge < -0.3 is 0 Å². The predicted molar refractivity (Wildman–Crippen MR) is 64.9 cm³/mol. The first-order valence-corrected chi connectivity index (χ1v) is 8.18. The van der Waals surface area contributed by atoms with Gasteiger partial charge in [-0.1, -0.05) is 22.1 Å². The molecule has 1 rings (SSSR count). The van der Waals surface area contributed by atoms with Crippen LogP contribution in [0.3, 0.4) is 0 Å². The Morgan fingerprint density at radius 2 is 1.68 bits per heavy atom. The van der Waals surface area contributed by atoms with E-state index >= 15 is 0 Å². The monoisotopic (exact) mass is 312 g/mol. The SMILES string of the molecule is Cc1ccc(S(=O)(=O)OC(C)CS(=O)(=O)OF)cc1. The second kappa shape index (κ2) is 5.95. The third-order valence-electron chi connectivity index (χ3n) is 2.14. The largest absolute Gasteiger partial charge is 0.300 e. The van der Waals surface area contributed by atoms with Crippen molar-refractivity contribution in [1.29, 1.82) is 0 Å². The summed E-state index contributed by atoms with van der Waals surface area (Å²) in [6.07, 6.45) is -1.27. The number of hydrogen-bond acceptors (Lipinski definition) is 6. The number of halogens is 1. The van der Waals surface area contributed by atoms with Gasteiger partial charge in [-0.3, -0.25) is 4.18 Å². The molecule has 0 aliphatic carbocycles. The van der Waals surface area contributed by atoms with Crippen LogP contribution in [0.5, 0.6) is 0 Å². The van der Waals surface area contributed by atoms with Crippen molar-refractivity contribution in [3.8, 4) is 0 Å². The quantitative estimate of drug-likeness (QED) is 0.736. The van der Waals surface area contributed by atoms with Gasteiger partial charge in [-0.15, -0.1) is 0 Å². The van der Waals surface area contributed by atoms with E-state index in [4.69, 9.17) is 0 Å². The smallest absolute Gasteiger partial charge is 0.262 e. The lowest BCUT2D eigenvalue weighted by molar-refractivity contribution is 0.00171. The second-order valence-electron chi connectivity index (χ2n) is 3.96. The fourth-order valence-electron chi connectivity index (χ4n) is 1.32. The van der Waals surface area contributed by atoms with Crippen molar-refractivity contribution in [2.75, 3.05) is 5.75 Å². The summed E-state index contributed by atoms with van der Waals surface area (Å²) in [4.78, 5) is -0.108. The van der Waals surface area contributed by atoms with Gasteiger partial charge in [0.15, 0.2) is 0 Å². The Hall–Kier alpha value is -1.03. The first-order chi connectivity index (χ1) is 8.66. The summed E-state index contributed by atoms with van der Waals surface area (Å²) in [7, 11) is -8.54. The third kappa shape index (κ3) is 4.86. The summed E-state index contributed by atoms with van der Waals surface area (Å²) in [6.45, 7) is 2.97. The molecule has 1 atom stereocenters. The molecule has 0 radical (unpaired) electrons. The molecule has 0 bridgehead atoms. The van der Waals surface area contributed by atoms with Gasteiger partial charge in [0.1, 0.15) is 5.75 Å². The van der Waals surface area contributed by atoms with E-state index in [1.165, 1.54) is 19.1 Å². The number of aryl methyl sites for hydroxylation is 1. The zero-order valence-corrected chi connectivity index (χ0v) is 11.9. The Kier molecular flexibility index (Phi) is 5.02. The van der Waals surface area contributed by atoms with Crippen molar-refractivity contribution in [3.63, 3.8) is 0 Å². The minimum Gasteiger partial charge on any atom is -0.262 e. The van der Waals surface area contributed by atoms with Gasteiger partial charge in [0.2, 0.25) is 0 Å². The standard InChI is InChI=1S/C10H13FO6S2/c1-8-3-5-10(6-4-8)19(14,15)16-9(2)7-18(12,13)17-11/h3-6,9H,7H2,1-2H3. The highest BCUT2D eigenvalue weighted by Gasteiger charge is 2.24. The van der Waals surface area contributed by atoms with Crippen molar-refractivity contribution in [1.82, 2.24) is 0 Å². The molecule has 1 aromatic rings. The van der Waals surface area contributed by atoms with E-state index in [-0.39, 0.29) is 4.90 Å². The van der Waals surface area contributed by atoms with Crippen LogP contribution < -0.4 is 0 Å². The summed E-state index contributed by atoms with van der Waals surface area (Å²) < 4.78 is 64.2. The fraction of sp³-hybridized carbons (Fsp3) is 0.400. The van der Waals surface area contributed by atoms with Gasteiger partial charge >= 0.3 is 10.1 Å². The topological polar surface area (TPSA) is 86.7 Å². The molecule has 0 spiro atoms. The zero-order valence-electron chi connectivity index (χ0n) is 10.2. The van der Waals surface area contributed by atoms with Crippen molar-refractivity contribution >= 4 is 20.2 Å². The summed E-state index contributed by atoms with van der Waals surface area (Å²) in [6, 6.07) is 5.81. The summed E-state index contributed by atoms with van der Waals surface area (Å²) in [5.74, 6) is -0.908. The van der Waals surface area contributed by atoms with Gasteiger partial charge in [0.05, 0.1) is 11.0 Å². The molecule has 0 saturated heterocycles. The third-order valence-corrected chi connectivity index (χ3v) is 4.64. The van der Waals surface area contributed by atoms with Crippen LogP contribution in [0.2, 0.25) is 0 Å². The van der Waals surface area contributed by atoms with Crippen molar-refractivity contribution in [2.45, 2.75) is 24.8 Å². The molecular weight excluding hydrogens is 299 g/mol. The fourth-order valence-corrected chi connectivity index (χ4v) is 3.18. The molecule has 0 saturated carbocycles. The first-order valence-electron chi connectivity index (χ1n) is 5.19. The molecule has 0 heterocycles. The summed E-state index contributed by atoms with van der Waals surface area (Å²) in [5.41, 5.74) is 0.861. The van der Waals surface area contributed by atoms with E-state index in [0.29, 0.717) is 0 Å². The molecule has 0 N–H and O–H groups in total. The van der Waals surface area contributed by atoms with Crippen LogP contribution in [0.1, 0.15) is 12.5 Å². The van der Waals surface area contributed by atoms with Crippen LogP contribution in [0.25, 0.3) is 0 Å². The molecular formula is C10H13FO6S2. The lowest BCUT2D eigenvalue weighted by Crippen LogP contribution is -2.24. The molecule has 0 aliphatic heterocycles. The van der Waals surface area contributed by atoms with E-state index in [9.17, 15) is 21.4 Å². The van der Waals surface area contributed by atoms with Crippen LogP contribution in [0.15, 0.2) is 29.2 Å². The molecule has 0 aromatic heterocycles. The molecule has 9 heteroatoms. The highest BCUT2D eigenvalue weighted by Crippen LogP contribution is 2.16. The number of benzene rings is 1. The molecule has 0 aliphatic rings. The highest BCUT2D eigenvalue weighted by molar-refractivity contribution is 7.87. The maximum Gasteiger partial charge on any atom is 0.300 e. The minimum absolute atomic E-state index is 0.108. The molecule has 0 amide bonds. The Balaban J connectivity index is 2.83. The zero-order chi connectivity index (χ0) is 14.7. The Morgan fingerprint density at radius 3 is 2.16 bits per heavy atom. The Morgan fingerprint density at radius 1 is 1.16 bits per heavy atom. The lowest BCUT2D eigenvalue weighted by atomic mass is 10.2. The van der Waals surface area contributed by atoms with Crippen LogP contribution in [-0.2, 0) is 28.8 Å². The molecule has 1 unspecified atom stereocenters. The normalized spacial score (nSPS) is 14.3. The van der Waals surface area contributed by atoms with E-state index in [0.717, 1.165) is 5.56 Å². The van der Waals surface area contributed by atoms with E-state index in [1.54, 1.807) is 19.1 Å². The van der Waals surface area contributed by atoms with E-state index in [2.05, 4.69) is 8.57 Å². The summed E-state index contributed by atoms with van der Waals surface area (Å²) >= 11 is 0. The predicted octanol–water partition coefficient (Wildman–Crippen LogP) is 1.32. The van der Waals surface area contributed by atoms with Gasteiger partial charge in [0.25, 0.3) is 10.1 Å². The van der Waals surface area contributed by atoms with Crippen LogP contribution in [0, 0.1) is 6.92 Å². The molecule has 0 fully saturated rings.